The number of hydrogen-bond donors (Lipinski definition) is 2. The number of aliphatic hydroxyl groups excluding tert-OH is 2. The summed E-state index contributed by atoms with van der Waals surface area (Å²) < 4.78 is 0. The van der Waals surface area contributed by atoms with Gasteiger partial charge in [0.2, 0.25) is 0 Å². The summed E-state index contributed by atoms with van der Waals surface area (Å²) in [5.74, 6) is 0.647. The normalized spacial score (nSPS) is 12.4. The average Bonchev–Trinajstić information content (AvgIpc) is 2.19. The standard InChI is InChI=1S/C12H26O2/c1-4-5-7-12(9-13,10-14)8-6-11(2)3/h11,13-14H,4-10H2,1-3H3. The average molecular weight is 202 g/mol. The molecule has 0 aromatic rings. The number of unbranched alkanes of at least 4 members (excludes halogenated alkanes) is 1. The Bertz CT molecular complexity index is 128. The fraction of sp³-hybridized carbons (Fsp3) is 1.00. The molecule has 0 fully saturated rings. The molecule has 0 heterocycles. The lowest BCUT2D eigenvalue weighted by Crippen LogP contribution is -2.30. The van der Waals surface area contributed by atoms with Crippen LogP contribution in [-0.4, -0.2) is 23.4 Å². The highest BCUT2D eigenvalue weighted by molar-refractivity contribution is 4.78. The fourth-order valence-corrected chi connectivity index (χ4v) is 1.64. The minimum absolute atomic E-state index is 0.121. The molecule has 0 saturated heterocycles. The van der Waals surface area contributed by atoms with E-state index in [0.717, 1.165) is 32.1 Å². The van der Waals surface area contributed by atoms with Crippen molar-refractivity contribution in [3.05, 3.63) is 0 Å². The van der Waals surface area contributed by atoms with Gasteiger partial charge in [-0.2, -0.15) is 0 Å². The first kappa shape index (κ1) is 13.9. The highest BCUT2D eigenvalue weighted by atomic mass is 16.3. The van der Waals surface area contributed by atoms with Gasteiger partial charge in [0.25, 0.3) is 0 Å². The van der Waals surface area contributed by atoms with E-state index in [1.54, 1.807) is 0 Å². The third-order valence-electron chi connectivity index (χ3n) is 2.98. The molecule has 0 aliphatic heterocycles. The van der Waals surface area contributed by atoms with E-state index >= 15 is 0 Å². The highest BCUT2D eigenvalue weighted by Gasteiger charge is 2.27. The van der Waals surface area contributed by atoms with Gasteiger partial charge < -0.3 is 10.2 Å². The van der Waals surface area contributed by atoms with E-state index in [-0.39, 0.29) is 18.6 Å². The van der Waals surface area contributed by atoms with Crippen LogP contribution in [-0.2, 0) is 0 Å². The van der Waals surface area contributed by atoms with Crippen molar-refractivity contribution in [2.75, 3.05) is 13.2 Å². The van der Waals surface area contributed by atoms with Crippen LogP contribution < -0.4 is 0 Å². The van der Waals surface area contributed by atoms with Crippen molar-refractivity contribution in [1.29, 1.82) is 0 Å². The van der Waals surface area contributed by atoms with Crippen molar-refractivity contribution >= 4 is 0 Å². The molecule has 86 valence electrons. The third kappa shape index (κ3) is 4.97. The van der Waals surface area contributed by atoms with E-state index < -0.39 is 0 Å². The van der Waals surface area contributed by atoms with Gasteiger partial charge in [0.05, 0.1) is 13.2 Å². The molecular weight excluding hydrogens is 176 g/mol. The van der Waals surface area contributed by atoms with Crippen molar-refractivity contribution in [1.82, 2.24) is 0 Å². The Balaban J connectivity index is 4.07. The maximum atomic E-state index is 9.36. The predicted molar refractivity (Wildman–Crippen MR) is 60.2 cm³/mol. The maximum Gasteiger partial charge on any atom is 0.0509 e. The Morgan fingerprint density at radius 3 is 2.00 bits per heavy atom. The van der Waals surface area contributed by atoms with Crippen LogP contribution in [0.5, 0.6) is 0 Å². The molecule has 0 atom stereocenters. The van der Waals surface area contributed by atoms with Gasteiger partial charge in [-0.25, -0.2) is 0 Å². The molecule has 14 heavy (non-hydrogen) atoms. The first-order valence-electron chi connectivity index (χ1n) is 5.82. The molecule has 2 heteroatoms. The van der Waals surface area contributed by atoms with E-state index in [1.807, 2.05) is 0 Å². The lowest BCUT2D eigenvalue weighted by molar-refractivity contribution is 0.0336. The first-order chi connectivity index (χ1) is 6.60. The number of aliphatic hydroxyl groups is 2. The molecule has 0 aromatic carbocycles. The SMILES string of the molecule is CCCCC(CO)(CO)CCC(C)C. The van der Waals surface area contributed by atoms with Gasteiger partial charge in [-0.1, -0.05) is 40.0 Å². The van der Waals surface area contributed by atoms with E-state index in [1.165, 1.54) is 0 Å². The van der Waals surface area contributed by atoms with Gasteiger partial charge in [0, 0.05) is 5.41 Å². The second kappa shape index (κ2) is 7.24. The molecule has 2 N–H and O–H groups in total. The molecular formula is C12H26O2. The summed E-state index contributed by atoms with van der Waals surface area (Å²) in [5.41, 5.74) is -0.222. The second-order valence-electron chi connectivity index (χ2n) is 4.85. The van der Waals surface area contributed by atoms with Gasteiger partial charge in [-0.15, -0.1) is 0 Å². The van der Waals surface area contributed by atoms with Gasteiger partial charge in [-0.3, -0.25) is 0 Å². The number of hydrogen-bond acceptors (Lipinski definition) is 2. The summed E-state index contributed by atoms with van der Waals surface area (Å²) in [4.78, 5) is 0. The summed E-state index contributed by atoms with van der Waals surface area (Å²) in [6, 6.07) is 0. The van der Waals surface area contributed by atoms with Crippen molar-refractivity contribution < 1.29 is 10.2 Å². The smallest absolute Gasteiger partial charge is 0.0509 e. The first-order valence-corrected chi connectivity index (χ1v) is 5.82. The van der Waals surface area contributed by atoms with E-state index in [9.17, 15) is 10.2 Å². The second-order valence-corrected chi connectivity index (χ2v) is 4.85. The minimum Gasteiger partial charge on any atom is -0.396 e. The van der Waals surface area contributed by atoms with Gasteiger partial charge in [0.15, 0.2) is 0 Å². The van der Waals surface area contributed by atoms with Crippen molar-refractivity contribution in [3.63, 3.8) is 0 Å². The molecule has 0 rings (SSSR count). The van der Waals surface area contributed by atoms with Crippen LogP contribution in [0.4, 0.5) is 0 Å². The Morgan fingerprint density at radius 1 is 1.07 bits per heavy atom. The molecule has 2 nitrogen and oxygen atoms in total. The van der Waals surface area contributed by atoms with Crippen molar-refractivity contribution in [3.8, 4) is 0 Å². The molecule has 0 saturated carbocycles. The molecule has 0 unspecified atom stereocenters. The quantitative estimate of drug-likeness (QED) is 0.635. The van der Waals surface area contributed by atoms with Gasteiger partial charge >= 0.3 is 0 Å². The molecule has 0 amide bonds. The highest BCUT2D eigenvalue weighted by Crippen LogP contribution is 2.30. The van der Waals surface area contributed by atoms with Crippen molar-refractivity contribution in [2.24, 2.45) is 11.3 Å². The summed E-state index contributed by atoms with van der Waals surface area (Å²) in [7, 11) is 0. The van der Waals surface area contributed by atoms with Crippen LogP contribution in [0.15, 0.2) is 0 Å². The third-order valence-corrected chi connectivity index (χ3v) is 2.98. The summed E-state index contributed by atoms with van der Waals surface area (Å²) in [5, 5.41) is 18.7. The zero-order valence-electron chi connectivity index (χ0n) is 9.92. The monoisotopic (exact) mass is 202 g/mol. The minimum atomic E-state index is -0.222. The largest absolute Gasteiger partial charge is 0.396 e. The fourth-order valence-electron chi connectivity index (χ4n) is 1.64. The lowest BCUT2D eigenvalue weighted by Gasteiger charge is -2.30. The predicted octanol–water partition coefficient (Wildman–Crippen LogP) is 2.58. The molecule has 0 bridgehead atoms. The molecule has 0 aliphatic rings. The molecule has 0 radical (unpaired) electrons. The van der Waals surface area contributed by atoms with Crippen LogP contribution in [0.2, 0.25) is 0 Å². The van der Waals surface area contributed by atoms with E-state index in [0.29, 0.717) is 5.92 Å². The van der Waals surface area contributed by atoms with Gasteiger partial charge in [0.1, 0.15) is 0 Å². The van der Waals surface area contributed by atoms with Crippen LogP contribution in [0, 0.1) is 11.3 Å². The van der Waals surface area contributed by atoms with Crippen LogP contribution in [0.25, 0.3) is 0 Å². The zero-order chi connectivity index (χ0) is 11.0. The van der Waals surface area contributed by atoms with Crippen LogP contribution >= 0.6 is 0 Å². The molecule has 0 aromatic heterocycles. The van der Waals surface area contributed by atoms with E-state index in [2.05, 4.69) is 20.8 Å². The summed E-state index contributed by atoms with van der Waals surface area (Å²) in [6.07, 6.45) is 5.20. The van der Waals surface area contributed by atoms with Crippen molar-refractivity contribution in [2.45, 2.75) is 52.9 Å². The molecule has 0 spiro atoms. The Kier molecular flexibility index (Phi) is 7.20. The zero-order valence-corrected chi connectivity index (χ0v) is 9.92. The summed E-state index contributed by atoms with van der Waals surface area (Å²) in [6.45, 7) is 6.74. The lowest BCUT2D eigenvalue weighted by atomic mass is 9.78. The Morgan fingerprint density at radius 2 is 1.64 bits per heavy atom. The number of rotatable bonds is 8. The van der Waals surface area contributed by atoms with Crippen LogP contribution in [0.3, 0.4) is 0 Å². The van der Waals surface area contributed by atoms with Crippen LogP contribution in [0.1, 0.15) is 52.9 Å². The molecule has 0 aliphatic carbocycles. The maximum absolute atomic E-state index is 9.36. The van der Waals surface area contributed by atoms with E-state index in [4.69, 9.17) is 0 Å². The summed E-state index contributed by atoms with van der Waals surface area (Å²) >= 11 is 0. The topological polar surface area (TPSA) is 40.5 Å². The Labute approximate surface area is 88.3 Å². The van der Waals surface area contributed by atoms with Gasteiger partial charge in [-0.05, 0) is 18.8 Å². The Hall–Kier alpha value is -0.0800.